The SMILES string of the molecule is COc1ccc(OC)c(C(=O)C[n+]2ccn(C)c2)c1.[Br-]. The number of Topliss-reactive ketones (excluding diaryl/α,β-unsaturated/α-hetero) is 1. The van der Waals surface area contributed by atoms with Crippen molar-refractivity contribution in [1.29, 1.82) is 0 Å². The second-order valence-electron chi connectivity index (χ2n) is 4.24. The monoisotopic (exact) mass is 340 g/mol. The first-order chi connectivity index (χ1) is 9.13. The number of carbonyl (C=O) groups excluding carboxylic acids is 1. The minimum absolute atomic E-state index is 0. The smallest absolute Gasteiger partial charge is 0.243 e. The molecule has 0 radical (unpaired) electrons. The molecule has 0 aliphatic carbocycles. The number of ketones is 1. The Bertz CT molecular complexity index is 596. The largest absolute Gasteiger partial charge is 1.00 e. The van der Waals surface area contributed by atoms with Gasteiger partial charge < -0.3 is 26.5 Å². The van der Waals surface area contributed by atoms with Crippen LogP contribution in [0.5, 0.6) is 11.5 Å². The van der Waals surface area contributed by atoms with Crippen LogP contribution in [0.25, 0.3) is 0 Å². The van der Waals surface area contributed by atoms with Crippen LogP contribution >= 0.6 is 0 Å². The van der Waals surface area contributed by atoms with E-state index in [1.165, 1.54) is 0 Å². The Morgan fingerprint density at radius 3 is 2.60 bits per heavy atom. The fraction of sp³-hybridized carbons (Fsp3) is 0.286. The third kappa shape index (κ3) is 3.60. The van der Waals surface area contributed by atoms with Gasteiger partial charge in [0.05, 0.1) is 26.8 Å². The zero-order chi connectivity index (χ0) is 13.8. The molecule has 2 aromatic rings. The minimum Gasteiger partial charge on any atom is -1.00 e. The van der Waals surface area contributed by atoms with Crippen molar-refractivity contribution in [2.24, 2.45) is 7.05 Å². The number of hydrogen-bond acceptors (Lipinski definition) is 3. The molecule has 0 aliphatic rings. The summed E-state index contributed by atoms with van der Waals surface area (Å²) in [5, 5.41) is 0. The van der Waals surface area contributed by atoms with Crippen LogP contribution in [0.4, 0.5) is 0 Å². The summed E-state index contributed by atoms with van der Waals surface area (Å²) >= 11 is 0. The van der Waals surface area contributed by atoms with Crippen LogP contribution in [0.1, 0.15) is 10.4 Å². The number of hydrogen-bond donors (Lipinski definition) is 0. The Balaban J connectivity index is 0.00000200. The molecular formula is C14H17BrN2O3. The van der Waals surface area contributed by atoms with Crippen LogP contribution < -0.4 is 31.0 Å². The number of benzene rings is 1. The van der Waals surface area contributed by atoms with Crippen LogP contribution in [0.2, 0.25) is 0 Å². The number of imidazole rings is 1. The highest BCUT2D eigenvalue weighted by molar-refractivity contribution is 5.98. The fourth-order valence-corrected chi connectivity index (χ4v) is 1.88. The predicted octanol–water partition coefficient (Wildman–Crippen LogP) is -1.78. The van der Waals surface area contributed by atoms with E-state index in [4.69, 9.17) is 9.47 Å². The summed E-state index contributed by atoms with van der Waals surface area (Å²) in [4.78, 5) is 12.3. The van der Waals surface area contributed by atoms with E-state index in [2.05, 4.69) is 0 Å². The van der Waals surface area contributed by atoms with Crippen molar-refractivity contribution < 1.29 is 35.8 Å². The van der Waals surface area contributed by atoms with Crippen LogP contribution in [-0.4, -0.2) is 24.6 Å². The molecule has 2 rings (SSSR count). The van der Waals surface area contributed by atoms with Crippen molar-refractivity contribution in [2.75, 3.05) is 14.2 Å². The zero-order valence-electron chi connectivity index (χ0n) is 11.7. The van der Waals surface area contributed by atoms with Gasteiger partial charge in [0.2, 0.25) is 12.1 Å². The highest BCUT2D eigenvalue weighted by Gasteiger charge is 2.16. The molecule has 0 unspecified atom stereocenters. The first kappa shape index (κ1) is 16.2. The van der Waals surface area contributed by atoms with Gasteiger partial charge in [0, 0.05) is 0 Å². The standard InChI is InChI=1S/C14H17N2O3.BrH/c1-15-6-7-16(10-15)9-13(17)12-8-11(18-2)4-5-14(12)19-3;/h4-8,10H,9H2,1-3H3;1H/q+1;/p-1. The van der Waals surface area contributed by atoms with E-state index in [0.29, 0.717) is 17.1 Å². The number of halogens is 1. The number of aryl methyl sites for hydroxylation is 1. The lowest BCUT2D eigenvalue weighted by atomic mass is 10.1. The molecule has 0 spiro atoms. The van der Waals surface area contributed by atoms with Crippen molar-refractivity contribution in [3.8, 4) is 11.5 Å². The Hall–Kier alpha value is -1.82. The van der Waals surface area contributed by atoms with Crippen molar-refractivity contribution in [3.05, 3.63) is 42.5 Å². The Kier molecular flexibility index (Phi) is 5.76. The van der Waals surface area contributed by atoms with E-state index in [-0.39, 0.29) is 29.3 Å². The third-order valence-electron chi connectivity index (χ3n) is 2.86. The highest BCUT2D eigenvalue weighted by Crippen LogP contribution is 2.24. The molecule has 0 fully saturated rings. The summed E-state index contributed by atoms with van der Waals surface area (Å²) in [6, 6.07) is 5.21. The molecule has 0 atom stereocenters. The molecule has 6 heteroatoms. The number of methoxy groups -OCH3 is 2. The molecule has 0 bridgehead atoms. The molecule has 1 aromatic heterocycles. The summed E-state index contributed by atoms with van der Waals surface area (Å²) in [6.45, 7) is 0.268. The second kappa shape index (κ2) is 7.09. The van der Waals surface area contributed by atoms with E-state index >= 15 is 0 Å². The maximum atomic E-state index is 12.3. The molecule has 0 amide bonds. The summed E-state index contributed by atoms with van der Waals surface area (Å²) in [7, 11) is 5.03. The normalized spacial score (nSPS) is 9.75. The van der Waals surface area contributed by atoms with Crippen LogP contribution in [0, 0.1) is 0 Å². The van der Waals surface area contributed by atoms with Crippen LogP contribution in [-0.2, 0) is 13.6 Å². The second-order valence-corrected chi connectivity index (χ2v) is 4.24. The van der Waals surface area contributed by atoms with Crippen molar-refractivity contribution in [3.63, 3.8) is 0 Å². The van der Waals surface area contributed by atoms with Gasteiger partial charge in [-0.15, -0.1) is 0 Å². The first-order valence-electron chi connectivity index (χ1n) is 5.90. The van der Waals surface area contributed by atoms with Crippen LogP contribution in [0.3, 0.4) is 0 Å². The molecule has 1 aromatic carbocycles. The molecule has 0 saturated carbocycles. The Morgan fingerprint density at radius 1 is 1.30 bits per heavy atom. The number of carbonyl (C=O) groups is 1. The summed E-state index contributed by atoms with van der Waals surface area (Å²) in [5.41, 5.74) is 0.526. The third-order valence-corrected chi connectivity index (χ3v) is 2.86. The average Bonchev–Trinajstić information content (AvgIpc) is 2.83. The van der Waals surface area contributed by atoms with E-state index in [0.717, 1.165) is 0 Å². The van der Waals surface area contributed by atoms with Gasteiger partial charge in [-0.2, -0.15) is 0 Å². The van der Waals surface area contributed by atoms with Gasteiger partial charge in [-0.3, -0.25) is 4.79 Å². The fourth-order valence-electron chi connectivity index (χ4n) is 1.88. The minimum atomic E-state index is -0.0213. The van der Waals surface area contributed by atoms with Crippen LogP contribution in [0.15, 0.2) is 36.9 Å². The summed E-state index contributed by atoms with van der Waals surface area (Å²) in [6.07, 6.45) is 5.59. The lowest BCUT2D eigenvalue weighted by molar-refractivity contribution is -0.682. The summed E-state index contributed by atoms with van der Waals surface area (Å²) in [5.74, 6) is 1.18. The lowest BCUT2D eigenvalue weighted by Crippen LogP contribution is -3.00. The molecule has 5 nitrogen and oxygen atoms in total. The van der Waals surface area contributed by atoms with Gasteiger partial charge in [-0.1, -0.05) is 0 Å². The zero-order valence-corrected chi connectivity index (χ0v) is 13.3. The molecule has 20 heavy (non-hydrogen) atoms. The van der Waals surface area contributed by atoms with Gasteiger partial charge in [0.15, 0.2) is 6.54 Å². The molecule has 108 valence electrons. The highest BCUT2D eigenvalue weighted by atomic mass is 79.9. The van der Waals surface area contributed by atoms with Gasteiger partial charge in [0.25, 0.3) is 0 Å². The van der Waals surface area contributed by atoms with Gasteiger partial charge in [-0.25, -0.2) is 9.13 Å². The summed E-state index contributed by atoms with van der Waals surface area (Å²) < 4.78 is 14.1. The van der Waals surface area contributed by atoms with E-state index in [1.54, 1.807) is 32.4 Å². The quantitative estimate of drug-likeness (QED) is 0.477. The number of rotatable bonds is 5. The lowest BCUT2D eigenvalue weighted by Gasteiger charge is -2.08. The maximum absolute atomic E-state index is 12.3. The van der Waals surface area contributed by atoms with E-state index in [9.17, 15) is 4.79 Å². The van der Waals surface area contributed by atoms with E-state index in [1.807, 2.05) is 34.9 Å². The van der Waals surface area contributed by atoms with Gasteiger partial charge >= 0.3 is 0 Å². The van der Waals surface area contributed by atoms with Crippen molar-refractivity contribution in [2.45, 2.75) is 6.54 Å². The predicted molar refractivity (Wildman–Crippen MR) is 69.5 cm³/mol. The number of nitrogens with zero attached hydrogens (tertiary/aromatic N) is 2. The molecule has 0 aliphatic heterocycles. The Morgan fingerprint density at radius 2 is 2.05 bits per heavy atom. The van der Waals surface area contributed by atoms with Crippen molar-refractivity contribution >= 4 is 5.78 Å². The average molecular weight is 341 g/mol. The molecule has 1 heterocycles. The van der Waals surface area contributed by atoms with Gasteiger partial charge in [-0.05, 0) is 18.2 Å². The first-order valence-corrected chi connectivity index (χ1v) is 5.90. The topological polar surface area (TPSA) is 44.3 Å². The number of ether oxygens (including phenoxy) is 2. The maximum Gasteiger partial charge on any atom is 0.243 e. The van der Waals surface area contributed by atoms with Crippen molar-refractivity contribution in [1.82, 2.24) is 4.57 Å². The van der Waals surface area contributed by atoms with E-state index < -0.39 is 0 Å². The Labute approximate surface area is 128 Å². The molecule has 0 saturated heterocycles. The molecular weight excluding hydrogens is 324 g/mol. The number of aromatic nitrogens is 2. The van der Waals surface area contributed by atoms with Gasteiger partial charge in [0.1, 0.15) is 23.9 Å². The molecule has 0 N–H and O–H groups in total.